The van der Waals surface area contributed by atoms with Crippen LogP contribution < -0.4 is 5.32 Å². The van der Waals surface area contributed by atoms with E-state index >= 15 is 0 Å². The lowest BCUT2D eigenvalue weighted by atomic mass is 10.00. The number of aromatic nitrogens is 1. The largest absolute Gasteiger partial charge is 0.393 e. The van der Waals surface area contributed by atoms with Gasteiger partial charge in [-0.15, -0.1) is 0 Å². The van der Waals surface area contributed by atoms with Gasteiger partial charge in [0.25, 0.3) is 5.91 Å². The second-order valence-electron chi connectivity index (χ2n) is 5.45. The molecule has 0 spiro atoms. The third kappa shape index (κ3) is 2.08. The van der Waals surface area contributed by atoms with Crippen molar-refractivity contribution in [3.63, 3.8) is 0 Å². The number of anilines is 1. The van der Waals surface area contributed by atoms with Gasteiger partial charge < -0.3 is 15.3 Å². The summed E-state index contributed by atoms with van der Waals surface area (Å²) in [5.41, 5.74) is 1.41. The van der Waals surface area contributed by atoms with Crippen LogP contribution in [0.4, 0.5) is 5.69 Å². The highest BCUT2D eigenvalue weighted by Crippen LogP contribution is 2.38. The van der Waals surface area contributed by atoms with Gasteiger partial charge in [0.1, 0.15) is 0 Å². The zero-order chi connectivity index (χ0) is 13.4. The monoisotopic (exact) mass is 261 g/mol. The summed E-state index contributed by atoms with van der Waals surface area (Å²) in [6, 6.07) is 1.75. The molecule has 0 bridgehead atoms. The number of nitrogens with zero attached hydrogens (tertiary/aromatic N) is 2. The zero-order valence-electron chi connectivity index (χ0n) is 11.0. The maximum absolute atomic E-state index is 12.5. The van der Waals surface area contributed by atoms with Crippen molar-refractivity contribution < 1.29 is 9.90 Å². The Morgan fingerprint density at radius 2 is 2.32 bits per heavy atom. The lowest BCUT2D eigenvalue weighted by molar-refractivity contribution is 0.0753. The first-order valence-corrected chi connectivity index (χ1v) is 6.80. The normalized spacial score (nSPS) is 29.4. The van der Waals surface area contributed by atoms with Gasteiger partial charge in [0.15, 0.2) is 0 Å². The number of amides is 1. The van der Waals surface area contributed by atoms with Gasteiger partial charge in [0.2, 0.25) is 0 Å². The molecule has 1 aromatic heterocycles. The topological polar surface area (TPSA) is 65.5 Å². The molecule has 2 N–H and O–H groups in total. The molecule has 1 aromatic rings. The fourth-order valence-corrected chi connectivity index (χ4v) is 3.35. The van der Waals surface area contributed by atoms with Crippen molar-refractivity contribution in [3.05, 3.63) is 24.0 Å². The van der Waals surface area contributed by atoms with Gasteiger partial charge in [-0.1, -0.05) is 0 Å². The molecule has 1 aliphatic heterocycles. The summed E-state index contributed by atoms with van der Waals surface area (Å²) in [6.45, 7) is 1.45. The molecule has 2 fully saturated rings. The fourth-order valence-electron chi connectivity index (χ4n) is 3.35. The molecule has 3 rings (SSSR count). The van der Waals surface area contributed by atoms with Crippen LogP contribution >= 0.6 is 0 Å². The van der Waals surface area contributed by atoms with Crippen LogP contribution in [0.5, 0.6) is 0 Å². The highest BCUT2D eigenvalue weighted by Gasteiger charge is 2.43. The summed E-state index contributed by atoms with van der Waals surface area (Å²) >= 11 is 0. The molecule has 102 valence electrons. The summed E-state index contributed by atoms with van der Waals surface area (Å²) in [7, 11) is 1.79. The highest BCUT2D eigenvalue weighted by atomic mass is 16.3. The minimum absolute atomic E-state index is 0.0355. The number of likely N-dealkylation sites (tertiary alicyclic amines) is 1. The van der Waals surface area contributed by atoms with Crippen LogP contribution in [0.2, 0.25) is 0 Å². The van der Waals surface area contributed by atoms with E-state index in [4.69, 9.17) is 0 Å². The molecule has 1 aliphatic carbocycles. The van der Waals surface area contributed by atoms with E-state index in [1.165, 1.54) is 0 Å². The van der Waals surface area contributed by atoms with Crippen molar-refractivity contribution in [1.29, 1.82) is 0 Å². The van der Waals surface area contributed by atoms with Crippen molar-refractivity contribution >= 4 is 11.6 Å². The Labute approximate surface area is 112 Å². The summed E-state index contributed by atoms with van der Waals surface area (Å²) in [5.74, 6) is 0.774. The van der Waals surface area contributed by atoms with E-state index in [1.807, 2.05) is 4.90 Å². The van der Waals surface area contributed by atoms with Gasteiger partial charge >= 0.3 is 0 Å². The Balaban J connectivity index is 1.78. The molecule has 0 radical (unpaired) electrons. The van der Waals surface area contributed by atoms with Gasteiger partial charge in [0.05, 0.1) is 23.6 Å². The first-order valence-electron chi connectivity index (χ1n) is 6.80. The quantitative estimate of drug-likeness (QED) is 0.832. The number of carbonyl (C=O) groups excluding carboxylic acids is 1. The Bertz CT molecular complexity index is 491. The first-order chi connectivity index (χ1) is 9.20. The standard InChI is InChI=1S/C14H19N3O2/c1-15-12-6-16-5-4-10(12)14(19)17-7-9-2-3-13(18)11(9)8-17/h4-6,9,11,13,15,18H,2-3,7-8H2,1H3. The van der Waals surface area contributed by atoms with E-state index in [0.29, 0.717) is 18.0 Å². The maximum atomic E-state index is 12.5. The summed E-state index contributed by atoms with van der Waals surface area (Å²) in [5, 5.41) is 12.9. The second kappa shape index (κ2) is 4.81. The summed E-state index contributed by atoms with van der Waals surface area (Å²) < 4.78 is 0. The van der Waals surface area contributed by atoms with Gasteiger partial charge in [0, 0.05) is 32.3 Å². The Kier molecular flexibility index (Phi) is 3.14. The van der Waals surface area contributed by atoms with Crippen LogP contribution in [-0.4, -0.2) is 47.1 Å². The van der Waals surface area contributed by atoms with Crippen LogP contribution in [-0.2, 0) is 0 Å². The Morgan fingerprint density at radius 1 is 1.47 bits per heavy atom. The number of aliphatic hydroxyl groups is 1. The van der Waals surface area contributed by atoms with Crippen molar-refractivity contribution in [2.24, 2.45) is 11.8 Å². The molecule has 19 heavy (non-hydrogen) atoms. The number of pyridine rings is 1. The maximum Gasteiger partial charge on any atom is 0.256 e. The van der Waals surface area contributed by atoms with Gasteiger partial charge in [-0.05, 0) is 24.8 Å². The third-order valence-corrected chi connectivity index (χ3v) is 4.43. The van der Waals surface area contributed by atoms with E-state index in [-0.39, 0.29) is 17.9 Å². The molecular weight excluding hydrogens is 242 g/mol. The number of rotatable bonds is 2. The van der Waals surface area contributed by atoms with E-state index in [2.05, 4.69) is 10.3 Å². The first kappa shape index (κ1) is 12.4. The van der Waals surface area contributed by atoms with Gasteiger partial charge in [-0.2, -0.15) is 0 Å². The van der Waals surface area contributed by atoms with E-state index in [0.717, 1.165) is 25.1 Å². The van der Waals surface area contributed by atoms with Crippen LogP contribution in [0.15, 0.2) is 18.5 Å². The molecule has 2 heterocycles. The Hall–Kier alpha value is -1.62. The average Bonchev–Trinajstić information content (AvgIpc) is 3.00. The number of aliphatic hydroxyl groups excluding tert-OH is 1. The summed E-state index contributed by atoms with van der Waals surface area (Å²) in [4.78, 5) is 18.4. The van der Waals surface area contributed by atoms with Crippen molar-refractivity contribution in [3.8, 4) is 0 Å². The van der Waals surface area contributed by atoms with Crippen molar-refractivity contribution in [1.82, 2.24) is 9.88 Å². The molecule has 1 amide bonds. The van der Waals surface area contributed by atoms with E-state index in [1.54, 1.807) is 25.5 Å². The van der Waals surface area contributed by atoms with E-state index < -0.39 is 0 Å². The van der Waals surface area contributed by atoms with Crippen LogP contribution in [0.25, 0.3) is 0 Å². The van der Waals surface area contributed by atoms with Crippen LogP contribution in [0, 0.1) is 11.8 Å². The molecule has 2 aliphatic rings. The van der Waals surface area contributed by atoms with Crippen molar-refractivity contribution in [2.45, 2.75) is 18.9 Å². The number of hydrogen-bond donors (Lipinski definition) is 2. The zero-order valence-corrected chi connectivity index (χ0v) is 11.0. The SMILES string of the molecule is CNc1cnccc1C(=O)N1CC2CCC(O)C2C1. The minimum atomic E-state index is -0.232. The molecule has 3 atom stereocenters. The number of fused-ring (bicyclic) bond motifs is 1. The van der Waals surface area contributed by atoms with Gasteiger partial charge in [-0.3, -0.25) is 9.78 Å². The molecule has 5 heteroatoms. The molecule has 1 saturated heterocycles. The van der Waals surface area contributed by atoms with E-state index in [9.17, 15) is 9.90 Å². The molecular formula is C14H19N3O2. The van der Waals surface area contributed by atoms with Crippen LogP contribution in [0.3, 0.4) is 0 Å². The smallest absolute Gasteiger partial charge is 0.256 e. The van der Waals surface area contributed by atoms with Crippen LogP contribution in [0.1, 0.15) is 23.2 Å². The average molecular weight is 261 g/mol. The minimum Gasteiger partial charge on any atom is -0.393 e. The van der Waals surface area contributed by atoms with Gasteiger partial charge in [-0.25, -0.2) is 0 Å². The highest BCUT2D eigenvalue weighted by molar-refractivity contribution is 5.99. The Morgan fingerprint density at radius 3 is 3.05 bits per heavy atom. The lowest BCUT2D eigenvalue weighted by Crippen LogP contribution is -2.31. The second-order valence-corrected chi connectivity index (χ2v) is 5.45. The number of hydrogen-bond acceptors (Lipinski definition) is 4. The predicted molar refractivity (Wildman–Crippen MR) is 71.9 cm³/mol. The molecule has 0 aromatic carbocycles. The molecule has 1 saturated carbocycles. The number of nitrogens with one attached hydrogen (secondary N) is 1. The fraction of sp³-hybridized carbons (Fsp3) is 0.571. The predicted octanol–water partition coefficient (Wildman–Crippen LogP) is 0.966. The lowest BCUT2D eigenvalue weighted by Gasteiger charge is -2.19. The summed E-state index contributed by atoms with van der Waals surface area (Å²) in [6.07, 6.45) is 4.99. The van der Waals surface area contributed by atoms with Crippen molar-refractivity contribution in [2.75, 3.05) is 25.5 Å². The molecule has 5 nitrogen and oxygen atoms in total. The number of carbonyl (C=O) groups is 1. The third-order valence-electron chi connectivity index (χ3n) is 4.43. The molecule has 3 unspecified atom stereocenters.